The van der Waals surface area contributed by atoms with Crippen molar-refractivity contribution >= 4 is 112 Å². The smallest absolute Gasteiger partial charge is 0.326 e. The molecule has 0 spiro atoms. The molecule has 1 aromatic heterocycles. The number of para-hydroxylation sites is 1. The van der Waals surface area contributed by atoms with E-state index in [-0.39, 0.29) is 82.7 Å². The minimum absolute atomic E-state index is 0.0138. The quantitative estimate of drug-likeness (QED) is 0.0260. The molecule has 4 aliphatic rings. The number of phenols is 1. The lowest BCUT2D eigenvalue weighted by molar-refractivity contribution is -0.154. The van der Waals surface area contributed by atoms with E-state index in [0.717, 1.165) is 18.7 Å². The van der Waals surface area contributed by atoms with Gasteiger partial charge in [0.2, 0.25) is 76.8 Å². The number of aromatic amines is 1. The fourth-order valence-corrected chi connectivity index (χ4v) is 12.5. The lowest BCUT2D eigenvalue weighted by Gasteiger charge is -2.31. The number of aliphatic imine (C=N–C) groups is 1. The zero-order valence-electron chi connectivity index (χ0n) is 59.7. The molecule has 0 saturated carbocycles. The number of carbonyl (C=O) groups is 16. The Balaban J connectivity index is 1.43. The van der Waals surface area contributed by atoms with Crippen LogP contribution in [0.3, 0.4) is 0 Å². The van der Waals surface area contributed by atoms with Gasteiger partial charge in [0.15, 0.2) is 5.96 Å². The number of aliphatic carboxylic acids is 1. The molecule has 4 saturated heterocycles. The van der Waals surface area contributed by atoms with Gasteiger partial charge < -0.3 is 110 Å². The normalized spacial score (nSPS) is 25.6. The summed E-state index contributed by atoms with van der Waals surface area (Å²) in [5, 5.41) is 61.7. The molecule has 0 aliphatic carbocycles. The Morgan fingerprint density at radius 2 is 1.33 bits per heavy atom. The minimum Gasteiger partial charge on any atom is -0.508 e. The lowest BCUT2D eigenvalue weighted by Crippen LogP contribution is -2.62. The largest absolute Gasteiger partial charge is 0.508 e. The van der Waals surface area contributed by atoms with Crippen LogP contribution < -0.4 is 75.3 Å². The van der Waals surface area contributed by atoms with Crippen LogP contribution in [-0.4, -0.2) is 237 Å². The Morgan fingerprint density at radius 1 is 0.682 bits per heavy atom. The first kappa shape index (κ1) is 82.8. The standard InChI is InChI=1S/C69H95N17O21/c1-5-34(2)55(75-36(4)88)65(101)83-49(32-87)62(98)85-56-35(3)107-54(92)30-47-61(97)80-46(29-38-31-74-41-13-7-6-12-40(38)41)60(96)77-44-22-24-53(91)106-33-50(63(99)81-47)84-64(100)51-16-11-27-86(51)67(103)48(28-37-17-19-39(89)20-18-37)82-58(94)42(76-57(93)43(78-66(56)102)15-10-26-73-69(70)71)14-8-9-25-72-52(90)23-21-45(68(104)105)79-59(44)95/h6-7,12-13,17-20,31,34-35,42-51,55-56,74,87,89H,5,8-11,14-16,21-30,32-33H2,1-4H3,(H,72,90)(H,75,88)(H,76,93)(H,77,96)(H,78,102)(H,79,95)(H,80,97)(H,81,99)(H,82,94)(H,83,101)(H,84,100)(H,85,98)(H,104,105)(H4,70,71,73)/t34-,35+,42-,43-,44-,45-,46-,47-,48-,49-,50-,51-,55-,56-/m0/s1. The van der Waals surface area contributed by atoms with E-state index in [4.69, 9.17) is 20.9 Å². The van der Waals surface area contributed by atoms with Gasteiger partial charge in [-0.3, -0.25) is 76.9 Å². The molecule has 107 heavy (non-hydrogen) atoms. The zero-order valence-corrected chi connectivity index (χ0v) is 59.7. The Morgan fingerprint density at radius 3 is 2.02 bits per heavy atom. The molecule has 13 amide bonds. The number of phenolic OH excluding ortho intramolecular Hbond substituents is 1. The Kier molecular flexibility index (Phi) is 30.6. The van der Waals surface area contributed by atoms with Crippen LogP contribution in [0, 0.1) is 5.92 Å². The van der Waals surface area contributed by atoms with Gasteiger partial charge in [-0.25, -0.2) is 4.79 Å². The summed E-state index contributed by atoms with van der Waals surface area (Å²) < 4.78 is 11.4. The molecular formula is C69H95N17O21. The second kappa shape index (κ2) is 39.6. The van der Waals surface area contributed by atoms with E-state index in [2.05, 4.69) is 73.8 Å². The van der Waals surface area contributed by atoms with Crippen LogP contribution in [0.25, 0.3) is 10.9 Å². The number of nitrogens with zero attached hydrogens (tertiary/aromatic N) is 2. The fourth-order valence-electron chi connectivity index (χ4n) is 12.5. The van der Waals surface area contributed by atoms with Gasteiger partial charge in [-0.1, -0.05) is 50.6 Å². The summed E-state index contributed by atoms with van der Waals surface area (Å²) in [6.45, 7) is 2.86. The van der Waals surface area contributed by atoms with Crippen molar-refractivity contribution in [2.24, 2.45) is 22.4 Å². The van der Waals surface area contributed by atoms with Gasteiger partial charge in [0.1, 0.15) is 91.0 Å². The molecule has 0 radical (unpaired) electrons. The van der Waals surface area contributed by atoms with Crippen molar-refractivity contribution in [1.29, 1.82) is 0 Å². The monoisotopic (exact) mass is 1500 g/mol. The predicted molar refractivity (Wildman–Crippen MR) is 376 cm³/mol. The predicted octanol–water partition coefficient (Wildman–Crippen LogP) is -5.07. The molecule has 14 atom stereocenters. The summed E-state index contributed by atoms with van der Waals surface area (Å²) in [4.78, 5) is 239. The molecule has 2 aromatic carbocycles. The van der Waals surface area contributed by atoms with Gasteiger partial charge in [-0.15, -0.1) is 0 Å². The number of ether oxygens (including phenoxy) is 2. The summed E-state index contributed by atoms with van der Waals surface area (Å²) in [7, 11) is 0. The zero-order chi connectivity index (χ0) is 78.2. The van der Waals surface area contributed by atoms with Crippen molar-refractivity contribution in [3.8, 4) is 5.75 Å². The Hall–Kier alpha value is -11.5. The first-order valence-electron chi connectivity index (χ1n) is 35.4. The summed E-state index contributed by atoms with van der Waals surface area (Å²) >= 11 is 0. The SMILES string of the molecule is CC[C@H](C)[C@H](NC(C)=O)C(=O)N[C@@H](CO)C(=O)N[C@@H]1C(=O)N[C@@H](CCCN=C(N)N)C(=O)N[C@H]2CCCCNC(=O)CC[C@@H](C(=O)O)NC(=O)[C@@H]3CCC(=O)OC[C@H](NC(=O)[C@@H]4CCCN4C(=O)[C@H](Cc4ccc(O)cc4)NC2=O)C(=O)N[C@@H](CC(=O)O[C@@H]1C)C(=O)N[C@@H](Cc1c[nH]c2ccccc12)C(=O)N3. The van der Waals surface area contributed by atoms with Gasteiger partial charge >= 0.3 is 17.9 Å². The van der Waals surface area contributed by atoms with E-state index in [1.54, 1.807) is 38.1 Å². The highest BCUT2D eigenvalue weighted by atomic mass is 16.5. The van der Waals surface area contributed by atoms with Gasteiger partial charge in [-0.2, -0.15) is 0 Å². The molecule has 7 rings (SSSR count). The molecule has 20 N–H and O–H groups in total. The van der Waals surface area contributed by atoms with E-state index in [1.807, 2.05) is 0 Å². The second-order valence-electron chi connectivity index (χ2n) is 26.7. The third-order valence-electron chi connectivity index (χ3n) is 18.6. The molecule has 5 heterocycles. The van der Waals surface area contributed by atoms with Crippen molar-refractivity contribution in [3.63, 3.8) is 0 Å². The number of carbonyl (C=O) groups excluding carboxylic acids is 15. The average Bonchev–Trinajstić information content (AvgIpc) is 1.75. The highest BCUT2D eigenvalue weighted by Crippen LogP contribution is 2.24. The first-order chi connectivity index (χ1) is 50.9. The van der Waals surface area contributed by atoms with E-state index in [9.17, 15) is 63.3 Å². The molecule has 0 unspecified atom stereocenters. The van der Waals surface area contributed by atoms with Gasteiger partial charge in [0.05, 0.1) is 13.0 Å². The number of aromatic hydroxyl groups is 1. The number of H-pyrrole nitrogens is 1. The number of esters is 2. The molecule has 4 aliphatic heterocycles. The number of rotatable bonds is 17. The summed E-state index contributed by atoms with van der Waals surface area (Å²) in [5.41, 5.74) is 12.5. The number of hydrogen-bond donors (Lipinski definition) is 18. The highest BCUT2D eigenvalue weighted by molar-refractivity contribution is 6.01. The number of fused-ring (bicyclic) bond motifs is 13. The molecule has 4 fully saturated rings. The molecular weight excluding hydrogens is 1400 g/mol. The van der Waals surface area contributed by atoms with Crippen molar-refractivity contribution in [1.82, 2.24) is 73.7 Å². The van der Waals surface area contributed by atoms with E-state index in [0.29, 0.717) is 28.5 Å². The van der Waals surface area contributed by atoms with Crippen molar-refractivity contribution in [2.75, 3.05) is 32.8 Å². The van der Waals surface area contributed by atoms with Crippen molar-refractivity contribution in [3.05, 3.63) is 65.9 Å². The number of hydrogen-bond acceptors (Lipinski definition) is 21. The van der Waals surface area contributed by atoms with Crippen LogP contribution in [-0.2, 0) is 99.0 Å². The minimum atomic E-state index is -2.23. The van der Waals surface area contributed by atoms with Crippen molar-refractivity contribution < 1.29 is 102 Å². The van der Waals surface area contributed by atoms with E-state index >= 15 is 28.8 Å². The van der Waals surface area contributed by atoms with Crippen LogP contribution in [0.2, 0.25) is 0 Å². The van der Waals surface area contributed by atoms with Crippen molar-refractivity contribution in [2.45, 2.75) is 203 Å². The maximum Gasteiger partial charge on any atom is 0.326 e. The number of aliphatic hydroxyl groups excluding tert-OH is 1. The second-order valence-corrected chi connectivity index (χ2v) is 26.7. The number of carboxylic acid groups (broad SMARTS) is 1. The number of carboxylic acids is 1. The maximum absolute atomic E-state index is 15.3. The number of cyclic esters (lactones) is 1. The number of nitrogens with two attached hydrogens (primary N) is 2. The summed E-state index contributed by atoms with van der Waals surface area (Å²) in [5.74, 6) is -19.4. The third kappa shape index (κ3) is 24.3. The maximum atomic E-state index is 15.3. The number of aliphatic hydroxyl groups is 1. The number of nitrogens with one attached hydrogen (secondary N) is 13. The number of benzene rings is 2. The molecule has 38 nitrogen and oxygen atoms in total. The van der Waals surface area contributed by atoms with Crippen LogP contribution in [0.4, 0.5) is 0 Å². The highest BCUT2D eigenvalue weighted by Gasteiger charge is 2.43. The van der Waals surface area contributed by atoms with E-state index < -0.39 is 231 Å². The molecule has 38 heteroatoms. The molecule has 582 valence electrons. The number of guanidine groups is 1. The van der Waals surface area contributed by atoms with Gasteiger partial charge in [0, 0.05) is 69.3 Å². The fraction of sp³-hybridized carbons (Fsp3) is 0.551. The van der Waals surface area contributed by atoms with Crippen LogP contribution in [0.15, 0.2) is 59.7 Å². The van der Waals surface area contributed by atoms with Crippen LogP contribution in [0.5, 0.6) is 5.75 Å². The van der Waals surface area contributed by atoms with Crippen LogP contribution in [0.1, 0.15) is 122 Å². The Labute approximate surface area is 614 Å². The summed E-state index contributed by atoms with van der Waals surface area (Å²) in [6.07, 6.45) is -5.28. The van der Waals surface area contributed by atoms with Gasteiger partial charge in [-0.05, 0) is 100.0 Å². The first-order valence-corrected chi connectivity index (χ1v) is 35.4. The lowest BCUT2D eigenvalue weighted by atomic mass is 9.98. The van der Waals surface area contributed by atoms with E-state index in [1.165, 1.54) is 30.5 Å². The average molecular weight is 1500 g/mol. The topological polar surface area (TPSA) is 580 Å². The Bertz CT molecular complexity index is 3810. The molecule has 3 aromatic rings. The number of amides is 13. The molecule has 4 bridgehead atoms. The van der Waals surface area contributed by atoms with Gasteiger partial charge in [0.25, 0.3) is 0 Å². The number of aromatic nitrogens is 1. The van der Waals surface area contributed by atoms with Crippen LogP contribution >= 0.6 is 0 Å². The summed E-state index contributed by atoms with van der Waals surface area (Å²) in [6, 6.07) is -9.38. The third-order valence-corrected chi connectivity index (χ3v) is 18.6.